The third-order valence-corrected chi connectivity index (χ3v) is 2.40. The zero-order valence-corrected chi connectivity index (χ0v) is 15.0. The van der Waals surface area contributed by atoms with E-state index in [1.807, 2.05) is 0 Å². The fraction of sp³-hybridized carbons (Fsp3) is 0.750. The summed E-state index contributed by atoms with van der Waals surface area (Å²) in [6.07, 6.45) is -0.103. The molecule has 0 aliphatic heterocycles. The molecule has 0 aromatic heterocycles. The smallest absolute Gasteiger partial charge is 0.741 e. The van der Waals surface area contributed by atoms with Crippen LogP contribution in [0.25, 0.3) is 0 Å². The van der Waals surface area contributed by atoms with Crippen molar-refractivity contribution in [1.82, 2.24) is 0 Å². The van der Waals surface area contributed by atoms with Crippen LogP contribution in [0.3, 0.4) is 0 Å². The quantitative estimate of drug-likeness (QED) is 0.138. The maximum Gasteiger partial charge on any atom is 2.00 e. The first-order valence-electron chi connectivity index (χ1n) is 5.36. The van der Waals surface area contributed by atoms with E-state index < -0.39 is 37.2 Å². The Hall–Kier alpha value is -0.941. The van der Waals surface area contributed by atoms with Gasteiger partial charge in [0.15, 0.2) is 20.2 Å². The van der Waals surface area contributed by atoms with E-state index in [1.165, 1.54) is 6.92 Å². The molecule has 0 unspecified atom stereocenters. The molecule has 0 aliphatic carbocycles. The van der Waals surface area contributed by atoms with Crippen molar-refractivity contribution in [2.75, 3.05) is 6.61 Å². The van der Waals surface area contributed by atoms with E-state index in [2.05, 4.69) is 4.74 Å². The Balaban J connectivity index is -0.000000137. The number of carbonyl (C=O) groups is 2. The van der Waals surface area contributed by atoms with Crippen LogP contribution in [0.15, 0.2) is 0 Å². The largest absolute Gasteiger partial charge is 2.00 e. The Bertz CT molecular complexity index is 596. The molecule has 18 heteroatoms. The first-order valence-corrected chi connectivity index (χ1v) is 8.17. The summed E-state index contributed by atoms with van der Waals surface area (Å²) in [7, 11) is -12.2. The minimum Gasteiger partial charge on any atom is -0.741 e. The van der Waals surface area contributed by atoms with Crippen molar-refractivity contribution in [3.63, 3.8) is 0 Å². The molecule has 0 saturated carbocycles. The van der Waals surface area contributed by atoms with Crippen LogP contribution < -0.4 is 0 Å². The third kappa shape index (κ3) is 19.4. The number of halogens is 6. The first kappa shape index (κ1) is 32.7. The summed E-state index contributed by atoms with van der Waals surface area (Å²) in [5.74, 6) is -0.599. The van der Waals surface area contributed by atoms with Crippen LogP contribution in [0.2, 0.25) is 0 Å². The van der Waals surface area contributed by atoms with Gasteiger partial charge in [-0.15, -0.1) is 0 Å². The fourth-order valence-electron chi connectivity index (χ4n) is 0.415. The summed E-state index contributed by atoms with van der Waals surface area (Å²) >= 11 is 0. The van der Waals surface area contributed by atoms with Gasteiger partial charge in [0.05, 0.1) is 6.61 Å². The molecule has 0 fully saturated rings. The Labute approximate surface area is 154 Å². The summed E-state index contributed by atoms with van der Waals surface area (Å²) in [6, 6.07) is 0. The molecule has 9 nitrogen and oxygen atoms in total. The van der Waals surface area contributed by atoms with Gasteiger partial charge in [0.1, 0.15) is 12.2 Å². The molecule has 0 aliphatic rings. The zero-order valence-electron chi connectivity index (χ0n) is 12.5. The van der Waals surface area contributed by atoms with Gasteiger partial charge in [-0.25, -0.2) is 16.8 Å². The molecule has 0 spiro atoms. The van der Waals surface area contributed by atoms with E-state index in [1.54, 1.807) is 6.92 Å². The Kier molecular flexibility index (Phi) is 15.7. The van der Waals surface area contributed by atoms with Gasteiger partial charge in [-0.2, -0.15) is 26.3 Å². The maximum absolute atomic E-state index is 10.7. The fourth-order valence-corrected chi connectivity index (χ4v) is 0.415. The van der Waals surface area contributed by atoms with Crippen molar-refractivity contribution < 1.29 is 83.7 Å². The van der Waals surface area contributed by atoms with Gasteiger partial charge < -0.3 is 13.8 Å². The van der Waals surface area contributed by atoms with Crippen LogP contribution in [-0.4, -0.2) is 55.3 Å². The SMILES string of the molecule is CCOC(=O)CC(C)=O.O=S(=O)([O-])C(F)(F)F.O=S(=O)([O-])C(F)(F)F.[Cu+2]. The average Bonchev–Trinajstić information content (AvgIpc) is 2.23. The first-order chi connectivity index (χ1) is 10.7. The normalized spacial score (nSPS) is 11.6. The molecule has 0 amide bonds. The van der Waals surface area contributed by atoms with E-state index in [9.17, 15) is 35.9 Å². The van der Waals surface area contributed by atoms with Crippen LogP contribution in [-0.2, 0) is 51.6 Å². The molecule has 161 valence electrons. The van der Waals surface area contributed by atoms with Crippen LogP contribution in [0.5, 0.6) is 0 Å². The van der Waals surface area contributed by atoms with Crippen LogP contribution in [0.4, 0.5) is 26.3 Å². The molecule has 0 aromatic carbocycles. The van der Waals surface area contributed by atoms with Gasteiger partial charge in [-0.3, -0.25) is 9.59 Å². The minimum atomic E-state index is -6.09. The molecule has 0 saturated heterocycles. The van der Waals surface area contributed by atoms with Crippen molar-refractivity contribution in [1.29, 1.82) is 0 Å². The number of esters is 1. The molecule has 0 bridgehead atoms. The standard InChI is InChI=1S/C6H10O3.2CHF3O3S.Cu/c1-3-9-6(8)4-5(2)7;2*2-1(3,4)8(5,6)7;/h3-4H2,1-2H3;2*(H,5,6,7);/q;;;+2/p-2. The Morgan fingerprint density at radius 2 is 1.12 bits per heavy atom. The number of rotatable bonds is 3. The van der Waals surface area contributed by atoms with Gasteiger partial charge in [0, 0.05) is 0 Å². The van der Waals surface area contributed by atoms with Crippen molar-refractivity contribution in [2.45, 2.75) is 31.3 Å². The minimum absolute atomic E-state index is 0. The topological polar surface area (TPSA) is 158 Å². The van der Waals surface area contributed by atoms with E-state index in [0.717, 1.165) is 0 Å². The predicted octanol–water partition coefficient (Wildman–Crippen LogP) is 0.629. The van der Waals surface area contributed by atoms with E-state index >= 15 is 0 Å². The molecule has 0 N–H and O–H groups in total. The summed E-state index contributed by atoms with van der Waals surface area (Å²) in [6.45, 7) is 3.40. The second kappa shape index (κ2) is 12.4. The maximum atomic E-state index is 10.7. The van der Waals surface area contributed by atoms with Crippen LogP contribution >= 0.6 is 0 Å². The van der Waals surface area contributed by atoms with Gasteiger partial charge in [-0.1, -0.05) is 0 Å². The zero-order chi connectivity index (χ0) is 21.3. The van der Waals surface area contributed by atoms with Crippen molar-refractivity contribution in [3.8, 4) is 0 Å². The van der Waals surface area contributed by atoms with Gasteiger partial charge in [0.2, 0.25) is 0 Å². The number of hydrogen-bond donors (Lipinski definition) is 0. The molecule has 0 aromatic rings. The summed E-state index contributed by atoms with van der Waals surface area (Å²) in [4.78, 5) is 20.6. The molecule has 0 heterocycles. The van der Waals surface area contributed by atoms with Crippen molar-refractivity contribution in [2.24, 2.45) is 0 Å². The molecule has 26 heavy (non-hydrogen) atoms. The number of Topliss-reactive ketones (excluding diaryl/α,β-unsaturated/α-hetero) is 1. The number of hydrogen-bond acceptors (Lipinski definition) is 9. The van der Waals surface area contributed by atoms with Crippen LogP contribution in [0.1, 0.15) is 20.3 Å². The number of ketones is 1. The second-order valence-corrected chi connectivity index (χ2v) is 6.23. The van der Waals surface area contributed by atoms with Crippen LogP contribution in [0, 0.1) is 0 Å². The second-order valence-electron chi connectivity index (χ2n) is 3.48. The number of ether oxygens (including phenoxy) is 1. The third-order valence-electron chi connectivity index (χ3n) is 1.27. The molecule has 0 atom stereocenters. The van der Waals surface area contributed by atoms with Gasteiger partial charge >= 0.3 is 34.1 Å². The van der Waals surface area contributed by atoms with Crippen molar-refractivity contribution >= 4 is 32.0 Å². The predicted molar refractivity (Wildman–Crippen MR) is 63.4 cm³/mol. The van der Waals surface area contributed by atoms with Gasteiger partial charge in [0.25, 0.3) is 0 Å². The van der Waals surface area contributed by atoms with Crippen molar-refractivity contribution in [3.05, 3.63) is 0 Å². The molecular formula is C8H10CuF6O9S2. The van der Waals surface area contributed by atoms with E-state index in [0.29, 0.717) is 6.61 Å². The number of carbonyl (C=O) groups excluding carboxylic acids is 2. The van der Waals surface area contributed by atoms with Gasteiger partial charge in [-0.05, 0) is 13.8 Å². The Morgan fingerprint density at radius 3 is 1.23 bits per heavy atom. The average molecular weight is 492 g/mol. The molecular weight excluding hydrogens is 482 g/mol. The summed E-state index contributed by atoms with van der Waals surface area (Å²) in [5.41, 5.74) is -11.3. The summed E-state index contributed by atoms with van der Waals surface area (Å²) in [5, 5.41) is 0. The number of alkyl halides is 6. The van der Waals surface area contributed by atoms with E-state index in [4.69, 9.17) is 25.9 Å². The molecule has 1 radical (unpaired) electrons. The molecule has 0 rings (SSSR count). The van der Waals surface area contributed by atoms with E-state index in [-0.39, 0.29) is 29.3 Å². The monoisotopic (exact) mass is 491 g/mol. The Morgan fingerprint density at radius 1 is 0.885 bits per heavy atom. The summed E-state index contributed by atoms with van der Waals surface area (Å²) < 4.78 is 122.